The van der Waals surface area contributed by atoms with Crippen molar-refractivity contribution in [3.8, 4) is 0 Å². The third-order valence-corrected chi connectivity index (χ3v) is 4.75. The van der Waals surface area contributed by atoms with E-state index in [-0.39, 0.29) is 24.3 Å². The average Bonchev–Trinajstić information content (AvgIpc) is 2.94. The predicted octanol–water partition coefficient (Wildman–Crippen LogP) is 2.81. The molecule has 2 rings (SSSR count). The Morgan fingerprint density at radius 3 is 2.33 bits per heavy atom. The van der Waals surface area contributed by atoms with E-state index in [1.165, 1.54) is 0 Å². The molecule has 2 aromatic rings. The lowest BCUT2D eigenvalue weighted by molar-refractivity contribution is -0.325. The Bertz CT molecular complexity index is 975. The molecule has 0 aliphatic carbocycles. The van der Waals surface area contributed by atoms with Crippen LogP contribution in [0.1, 0.15) is 35.0 Å². The minimum Gasteiger partial charge on any atom is -0.477 e. The Morgan fingerprint density at radius 1 is 1.22 bits per heavy atom. The van der Waals surface area contributed by atoms with Crippen molar-refractivity contribution in [3.05, 3.63) is 31.3 Å². The van der Waals surface area contributed by atoms with Crippen molar-refractivity contribution in [1.82, 2.24) is 9.13 Å². The smallest absolute Gasteiger partial charge is 0.477 e. The maximum absolute atomic E-state index is 13.4. The summed E-state index contributed by atoms with van der Waals surface area (Å²) in [6.07, 6.45) is -8.04. The van der Waals surface area contributed by atoms with E-state index >= 15 is 0 Å². The first-order valence-corrected chi connectivity index (χ1v) is 8.33. The van der Waals surface area contributed by atoms with Crippen LogP contribution in [0.5, 0.6) is 0 Å². The number of aromatic nitrogens is 2. The van der Waals surface area contributed by atoms with Crippen LogP contribution >= 0.6 is 11.3 Å². The molecule has 1 N–H and O–H groups in total. The largest absolute Gasteiger partial charge is 0.522 e. The van der Waals surface area contributed by atoms with Gasteiger partial charge >= 0.3 is 18.0 Å². The quantitative estimate of drug-likeness (QED) is 0.701. The zero-order valence-electron chi connectivity index (χ0n) is 13.7. The van der Waals surface area contributed by atoms with E-state index in [1.807, 2.05) is 0 Å². The van der Waals surface area contributed by atoms with Crippen molar-refractivity contribution in [2.45, 2.75) is 39.2 Å². The van der Waals surface area contributed by atoms with E-state index in [2.05, 4.69) is 4.74 Å². The number of hydrogen-bond donors (Lipinski definition) is 1. The molecular formula is C14H13F5N2O5S. The number of carbonyl (C=O) groups is 1. The van der Waals surface area contributed by atoms with E-state index in [4.69, 9.17) is 5.11 Å². The molecule has 0 spiro atoms. The van der Waals surface area contributed by atoms with Gasteiger partial charge in [-0.1, -0.05) is 6.92 Å². The fraction of sp³-hybridized carbons (Fsp3) is 0.500. The molecule has 13 heteroatoms. The highest BCUT2D eigenvalue weighted by Crippen LogP contribution is 2.35. The van der Waals surface area contributed by atoms with E-state index in [9.17, 15) is 36.3 Å². The van der Waals surface area contributed by atoms with Crippen molar-refractivity contribution < 1.29 is 36.6 Å². The third-order valence-electron chi connectivity index (χ3n) is 3.53. The second-order valence-electron chi connectivity index (χ2n) is 5.32. The minimum atomic E-state index is -4.98. The Kier molecular flexibility index (Phi) is 6.04. The molecule has 2 aromatic heterocycles. The van der Waals surface area contributed by atoms with Gasteiger partial charge in [0, 0.05) is 6.54 Å². The molecule has 0 aliphatic rings. The molecule has 0 fully saturated rings. The van der Waals surface area contributed by atoms with Crippen molar-refractivity contribution >= 4 is 27.5 Å². The Balaban J connectivity index is 2.80. The van der Waals surface area contributed by atoms with Crippen molar-refractivity contribution in [2.24, 2.45) is 0 Å². The van der Waals surface area contributed by atoms with Crippen molar-refractivity contribution in [3.63, 3.8) is 0 Å². The second kappa shape index (κ2) is 7.76. The summed E-state index contributed by atoms with van der Waals surface area (Å²) in [5.74, 6) is -1.74. The van der Waals surface area contributed by atoms with E-state index < -0.39 is 63.8 Å². The van der Waals surface area contributed by atoms with Gasteiger partial charge in [-0.2, -0.15) is 0 Å². The van der Waals surface area contributed by atoms with Crippen LogP contribution in [0.3, 0.4) is 0 Å². The first-order chi connectivity index (χ1) is 12.5. The third kappa shape index (κ3) is 4.18. The van der Waals surface area contributed by atoms with Crippen LogP contribution in [-0.2, 0) is 17.8 Å². The molecule has 7 nitrogen and oxygen atoms in total. The number of carboxylic acids is 1. The number of aromatic carboxylic acids is 1. The number of nitrogens with zero attached hydrogens (tertiary/aromatic N) is 2. The van der Waals surface area contributed by atoms with Crippen LogP contribution in [-0.4, -0.2) is 33.2 Å². The van der Waals surface area contributed by atoms with E-state index in [0.29, 0.717) is 9.13 Å². The average molecular weight is 416 g/mol. The van der Waals surface area contributed by atoms with E-state index in [0.717, 1.165) is 0 Å². The summed E-state index contributed by atoms with van der Waals surface area (Å²) in [5.41, 5.74) is -3.19. The van der Waals surface area contributed by atoms with Crippen molar-refractivity contribution in [1.29, 1.82) is 0 Å². The molecule has 0 radical (unpaired) electrons. The molecule has 0 aliphatic heterocycles. The molecule has 0 amide bonds. The summed E-state index contributed by atoms with van der Waals surface area (Å²) >= 11 is 0.233. The fourth-order valence-electron chi connectivity index (χ4n) is 2.52. The van der Waals surface area contributed by atoms with Crippen LogP contribution in [0, 0.1) is 0 Å². The van der Waals surface area contributed by atoms with Gasteiger partial charge in [-0.05, 0) is 6.42 Å². The van der Waals surface area contributed by atoms with Gasteiger partial charge in [-0.25, -0.2) is 18.4 Å². The molecular weight excluding hydrogens is 403 g/mol. The molecule has 0 saturated heterocycles. The number of ether oxygens (including phenoxy) is 1. The van der Waals surface area contributed by atoms with Gasteiger partial charge in [-0.3, -0.25) is 18.7 Å². The minimum absolute atomic E-state index is 0.172. The zero-order chi connectivity index (χ0) is 20.5. The van der Waals surface area contributed by atoms with E-state index in [1.54, 1.807) is 6.92 Å². The number of alkyl halides is 5. The van der Waals surface area contributed by atoms with Gasteiger partial charge in [0.2, 0.25) is 0 Å². The highest BCUT2D eigenvalue weighted by Gasteiger charge is 2.31. The second-order valence-corrected chi connectivity index (χ2v) is 6.32. The lowest BCUT2D eigenvalue weighted by Gasteiger charge is -2.13. The summed E-state index contributed by atoms with van der Waals surface area (Å²) in [6, 6.07) is 0. The summed E-state index contributed by atoms with van der Waals surface area (Å²) in [7, 11) is 0. The fourth-order valence-corrected chi connectivity index (χ4v) is 3.68. The monoisotopic (exact) mass is 416 g/mol. The van der Waals surface area contributed by atoms with Crippen molar-refractivity contribution in [2.75, 3.05) is 6.61 Å². The van der Waals surface area contributed by atoms with Gasteiger partial charge in [-0.15, -0.1) is 24.5 Å². The van der Waals surface area contributed by atoms with Crippen LogP contribution in [0.2, 0.25) is 0 Å². The highest BCUT2D eigenvalue weighted by molar-refractivity contribution is 7.20. The topological polar surface area (TPSA) is 90.5 Å². The van der Waals surface area contributed by atoms with Crippen LogP contribution in [0.15, 0.2) is 9.59 Å². The van der Waals surface area contributed by atoms with Crippen LogP contribution in [0.25, 0.3) is 10.2 Å². The number of carboxylic acid groups (broad SMARTS) is 1. The highest BCUT2D eigenvalue weighted by atomic mass is 32.1. The molecule has 150 valence electrons. The number of halogens is 5. The standard InChI is InChI=1S/C14H13F5N2O5S/c1-2-3-20-10(22)7-6(9(15)16)8(12(23)24)27-11(7)21(13(20)25)4-5-26-14(17,18)19/h9H,2-5H2,1H3,(H,23,24). The van der Waals surface area contributed by atoms with Gasteiger partial charge in [0.25, 0.3) is 12.0 Å². The zero-order valence-corrected chi connectivity index (χ0v) is 14.5. The number of fused-ring (bicyclic) bond motifs is 1. The van der Waals surface area contributed by atoms with Gasteiger partial charge in [0.05, 0.1) is 24.1 Å². The number of hydrogen-bond acceptors (Lipinski definition) is 5. The molecule has 0 atom stereocenters. The SMILES string of the molecule is CCCn1c(=O)c2c(C(F)F)c(C(=O)O)sc2n(CCOC(F)(F)F)c1=O. The molecule has 27 heavy (non-hydrogen) atoms. The van der Waals surface area contributed by atoms with Crippen LogP contribution in [0.4, 0.5) is 22.0 Å². The van der Waals surface area contributed by atoms with Crippen LogP contribution < -0.4 is 11.2 Å². The molecule has 0 unspecified atom stereocenters. The normalized spacial score (nSPS) is 12.3. The predicted molar refractivity (Wildman–Crippen MR) is 84.6 cm³/mol. The molecule has 2 heterocycles. The lowest BCUT2D eigenvalue weighted by atomic mass is 10.2. The molecule has 0 aromatic carbocycles. The number of rotatable bonds is 7. The summed E-state index contributed by atoms with van der Waals surface area (Å²) in [4.78, 5) is 35.0. The van der Waals surface area contributed by atoms with Gasteiger partial charge in [0.15, 0.2) is 0 Å². The maximum Gasteiger partial charge on any atom is 0.522 e. The Morgan fingerprint density at radius 2 is 1.85 bits per heavy atom. The van der Waals surface area contributed by atoms with Gasteiger partial charge in [0.1, 0.15) is 9.71 Å². The number of thiophene rings is 1. The Labute approximate surface area is 151 Å². The summed E-state index contributed by atoms with van der Waals surface area (Å²) < 4.78 is 68.2. The van der Waals surface area contributed by atoms with Gasteiger partial charge < -0.3 is 5.11 Å². The Hall–Kier alpha value is -2.28. The summed E-state index contributed by atoms with van der Waals surface area (Å²) in [5, 5.41) is 8.44. The molecule has 0 bridgehead atoms. The first-order valence-electron chi connectivity index (χ1n) is 7.51. The maximum atomic E-state index is 13.4. The lowest BCUT2D eigenvalue weighted by Crippen LogP contribution is -2.40. The molecule has 0 saturated carbocycles. The summed E-state index contributed by atoms with van der Waals surface area (Å²) in [6.45, 7) is -0.305. The first kappa shape index (κ1) is 21.0.